The number of carbonyl (C=O) groups is 2. The van der Waals surface area contributed by atoms with E-state index in [4.69, 9.17) is 0 Å². The molecular formula is C14H20N6O3. The Kier molecular flexibility index (Phi) is 2.85. The lowest BCUT2D eigenvalue weighted by Gasteiger charge is -2.51. The van der Waals surface area contributed by atoms with Gasteiger partial charge < -0.3 is 15.1 Å². The molecule has 1 aromatic heterocycles. The number of likely N-dealkylation sites (tertiary alicyclic amines) is 1. The number of rotatable bonds is 1. The Morgan fingerprint density at radius 3 is 2.70 bits per heavy atom. The average molecular weight is 320 g/mol. The topological polar surface area (TPSA) is 92.5 Å². The van der Waals surface area contributed by atoms with Gasteiger partial charge in [0.15, 0.2) is 0 Å². The molecule has 0 aliphatic carbocycles. The molecule has 0 radical (unpaired) electrons. The Labute approximate surface area is 132 Å². The van der Waals surface area contributed by atoms with Gasteiger partial charge in [-0.1, -0.05) is 0 Å². The van der Waals surface area contributed by atoms with Gasteiger partial charge in [0.2, 0.25) is 5.91 Å². The first-order chi connectivity index (χ1) is 10.9. The van der Waals surface area contributed by atoms with Crippen LogP contribution in [-0.2, 0) is 24.8 Å². The van der Waals surface area contributed by atoms with E-state index in [2.05, 4.69) is 10.4 Å². The maximum Gasteiger partial charge on any atom is 0.345 e. The predicted octanol–water partition coefficient (Wildman–Crippen LogP) is -1.62. The van der Waals surface area contributed by atoms with Crippen molar-refractivity contribution in [1.29, 1.82) is 0 Å². The molecule has 4 heterocycles. The Balaban J connectivity index is 1.45. The van der Waals surface area contributed by atoms with Crippen LogP contribution in [-0.4, -0.2) is 68.3 Å². The monoisotopic (exact) mass is 320 g/mol. The number of carbonyl (C=O) groups excluding carboxylic acids is 2. The summed E-state index contributed by atoms with van der Waals surface area (Å²) in [6.45, 7) is 2.11. The summed E-state index contributed by atoms with van der Waals surface area (Å²) < 4.78 is 2.93. The lowest BCUT2D eigenvalue weighted by atomic mass is 9.87. The number of nitrogens with zero attached hydrogens (tertiary/aromatic N) is 5. The molecule has 3 aliphatic heterocycles. The van der Waals surface area contributed by atoms with Gasteiger partial charge in [-0.05, 0) is 6.42 Å². The molecule has 124 valence electrons. The van der Waals surface area contributed by atoms with Gasteiger partial charge >= 0.3 is 11.7 Å². The number of fused-ring (bicyclic) bond motifs is 1. The smallest absolute Gasteiger partial charge is 0.337 e. The van der Waals surface area contributed by atoms with E-state index in [9.17, 15) is 14.4 Å². The Hall–Kier alpha value is -2.32. The van der Waals surface area contributed by atoms with Crippen molar-refractivity contribution in [2.45, 2.75) is 24.9 Å². The van der Waals surface area contributed by atoms with Crippen molar-refractivity contribution in [3.05, 3.63) is 16.3 Å². The molecule has 2 saturated heterocycles. The van der Waals surface area contributed by atoms with Crippen LogP contribution in [0.25, 0.3) is 0 Å². The van der Waals surface area contributed by atoms with E-state index in [1.165, 1.54) is 4.68 Å². The minimum atomic E-state index is -0.252. The van der Waals surface area contributed by atoms with Crippen molar-refractivity contribution in [3.8, 4) is 0 Å². The van der Waals surface area contributed by atoms with E-state index in [0.717, 1.165) is 5.82 Å². The number of hydrogen-bond acceptors (Lipinski definition) is 4. The molecule has 4 rings (SSSR count). The van der Waals surface area contributed by atoms with Gasteiger partial charge in [0, 0.05) is 46.7 Å². The SMILES string of the molecule is CN1C(=O)NCC12CN(C(=O)C1CCc3nn(C)c(=O)n3C1)C2. The molecule has 2 fully saturated rings. The molecule has 0 saturated carbocycles. The Morgan fingerprint density at radius 1 is 1.30 bits per heavy atom. The highest BCUT2D eigenvalue weighted by Gasteiger charge is 2.54. The highest BCUT2D eigenvalue weighted by molar-refractivity contribution is 5.82. The molecule has 3 amide bonds. The number of aromatic nitrogens is 3. The lowest BCUT2D eigenvalue weighted by molar-refractivity contribution is -0.147. The summed E-state index contributed by atoms with van der Waals surface area (Å²) in [6.07, 6.45) is 1.36. The Morgan fingerprint density at radius 2 is 2.04 bits per heavy atom. The molecule has 1 N–H and O–H groups in total. The van der Waals surface area contributed by atoms with Crippen LogP contribution < -0.4 is 11.0 Å². The van der Waals surface area contributed by atoms with Gasteiger partial charge in [-0.3, -0.25) is 9.36 Å². The zero-order valence-electron chi connectivity index (χ0n) is 13.3. The first kappa shape index (κ1) is 14.3. The summed E-state index contributed by atoms with van der Waals surface area (Å²) in [7, 11) is 3.40. The van der Waals surface area contributed by atoms with E-state index in [1.54, 1.807) is 28.5 Å². The van der Waals surface area contributed by atoms with Crippen molar-refractivity contribution in [2.75, 3.05) is 26.7 Å². The van der Waals surface area contributed by atoms with Crippen molar-refractivity contribution >= 4 is 11.9 Å². The van der Waals surface area contributed by atoms with Gasteiger partial charge in [0.1, 0.15) is 5.82 Å². The summed E-state index contributed by atoms with van der Waals surface area (Å²) in [5.74, 6) is 0.647. The average Bonchev–Trinajstić information content (AvgIpc) is 2.95. The highest BCUT2D eigenvalue weighted by atomic mass is 16.2. The van der Waals surface area contributed by atoms with Crippen LogP contribution in [0.15, 0.2) is 4.79 Å². The Bertz CT molecular complexity index is 744. The fourth-order valence-corrected chi connectivity index (χ4v) is 3.83. The summed E-state index contributed by atoms with van der Waals surface area (Å²) >= 11 is 0. The van der Waals surface area contributed by atoms with Crippen molar-refractivity contribution in [1.82, 2.24) is 29.5 Å². The first-order valence-electron chi connectivity index (χ1n) is 7.84. The fourth-order valence-electron chi connectivity index (χ4n) is 3.83. The quantitative estimate of drug-likeness (QED) is 0.673. The molecule has 1 aromatic rings. The predicted molar refractivity (Wildman–Crippen MR) is 79.8 cm³/mol. The van der Waals surface area contributed by atoms with Crippen molar-refractivity contribution in [3.63, 3.8) is 0 Å². The second-order valence-corrected chi connectivity index (χ2v) is 6.80. The minimum Gasteiger partial charge on any atom is -0.337 e. The van der Waals surface area contributed by atoms with Gasteiger partial charge in [0.05, 0.1) is 11.5 Å². The number of nitrogens with one attached hydrogen (secondary N) is 1. The molecule has 9 heteroatoms. The lowest BCUT2D eigenvalue weighted by Crippen LogP contribution is -2.71. The van der Waals surface area contributed by atoms with Gasteiger partial charge in [-0.2, -0.15) is 5.10 Å². The van der Waals surface area contributed by atoms with Crippen LogP contribution >= 0.6 is 0 Å². The third kappa shape index (κ3) is 1.91. The van der Waals surface area contributed by atoms with E-state index in [1.807, 2.05) is 0 Å². The van der Waals surface area contributed by atoms with Crippen molar-refractivity contribution < 1.29 is 9.59 Å². The van der Waals surface area contributed by atoms with E-state index < -0.39 is 0 Å². The second kappa shape index (κ2) is 4.59. The molecule has 1 atom stereocenters. The molecule has 1 spiro atoms. The maximum atomic E-state index is 12.7. The van der Waals surface area contributed by atoms with Crippen LogP contribution in [0.1, 0.15) is 12.2 Å². The van der Waals surface area contributed by atoms with E-state index >= 15 is 0 Å². The first-order valence-corrected chi connectivity index (χ1v) is 7.84. The largest absolute Gasteiger partial charge is 0.345 e. The summed E-state index contributed by atoms with van der Waals surface area (Å²) in [5.41, 5.74) is -0.416. The van der Waals surface area contributed by atoms with E-state index in [0.29, 0.717) is 39.0 Å². The highest BCUT2D eigenvalue weighted by Crippen LogP contribution is 2.32. The minimum absolute atomic E-state index is 0.0739. The third-order valence-corrected chi connectivity index (χ3v) is 5.42. The number of aryl methyl sites for hydroxylation is 2. The van der Waals surface area contributed by atoms with E-state index in [-0.39, 0.29) is 29.1 Å². The second-order valence-electron chi connectivity index (χ2n) is 6.80. The standard InChI is InChI=1S/C14H20N6O3/c1-17-12(22)15-6-14(17)7-19(8-14)11(21)9-3-4-10-16-18(2)13(23)20(10)5-9/h9H,3-8H2,1-2H3,(H,15,22). The third-order valence-electron chi connectivity index (χ3n) is 5.42. The number of urea groups is 1. The molecule has 9 nitrogen and oxygen atoms in total. The summed E-state index contributed by atoms with van der Waals surface area (Å²) in [4.78, 5) is 39.8. The number of hydrogen-bond donors (Lipinski definition) is 1. The van der Waals surface area contributed by atoms with Crippen LogP contribution in [0.3, 0.4) is 0 Å². The van der Waals surface area contributed by atoms with Crippen LogP contribution in [0.2, 0.25) is 0 Å². The molecular weight excluding hydrogens is 300 g/mol. The normalized spacial score (nSPS) is 25.3. The zero-order chi connectivity index (χ0) is 16.4. The fraction of sp³-hybridized carbons (Fsp3) is 0.714. The number of likely N-dealkylation sites (N-methyl/N-ethyl adjacent to an activating group) is 1. The van der Waals surface area contributed by atoms with Gasteiger partial charge in [-0.15, -0.1) is 0 Å². The van der Waals surface area contributed by atoms with Crippen LogP contribution in [0, 0.1) is 5.92 Å². The molecule has 3 aliphatic rings. The molecule has 23 heavy (non-hydrogen) atoms. The summed E-state index contributed by atoms with van der Waals surface area (Å²) in [5, 5.41) is 7.01. The molecule has 0 bridgehead atoms. The number of amides is 3. The van der Waals surface area contributed by atoms with Gasteiger partial charge in [-0.25, -0.2) is 14.3 Å². The molecule has 1 unspecified atom stereocenters. The zero-order valence-corrected chi connectivity index (χ0v) is 13.3. The van der Waals surface area contributed by atoms with Crippen molar-refractivity contribution in [2.24, 2.45) is 13.0 Å². The van der Waals surface area contributed by atoms with Crippen LogP contribution in [0.4, 0.5) is 4.79 Å². The van der Waals surface area contributed by atoms with Crippen LogP contribution in [0.5, 0.6) is 0 Å². The maximum absolute atomic E-state index is 12.7. The summed E-state index contributed by atoms with van der Waals surface area (Å²) in [6, 6.07) is -0.0821. The molecule has 0 aromatic carbocycles. The van der Waals surface area contributed by atoms with Gasteiger partial charge in [0.25, 0.3) is 0 Å².